The van der Waals surface area contributed by atoms with E-state index in [1.807, 2.05) is 4.90 Å². The molecule has 2 aliphatic heterocycles. The number of thiocarbonyl (C=S) groups is 1. The maximum atomic E-state index is 14.3. The minimum absolute atomic E-state index is 0.0949. The molecule has 2 saturated heterocycles. The Morgan fingerprint density at radius 1 is 0.976 bits per heavy atom. The number of halogens is 2. The Labute approximate surface area is 254 Å². The summed E-state index contributed by atoms with van der Waals surface area (Å²) < 4.78 is 41.8. The summed E-state index contributed by atoms with van der Waals surface area (Å²) in [5.74, 6) is 1.86. The molecule has 0 unspecified atom stereocenters. The van der Waals surface area contributed by atoms with Gasteiger partial charge in [0.1, 0.15) is 15.6 Å². The van der Waals surface area contributed by atoms with E-state index >= 15 is 0 Å². The number of piperazine rings is 1. The molecule has 3 aromatic rings. The predicted molar refractivity (Wildman–Crippen MR) is 166 cm³/mol. The van der Waals surface area contributed by atoms with Crippen molar-refractivity contribution in [2.24, 2.45) is 0 Å². The second-order valence-corrected chi connectivity index (χ2v) is 11.6. The number of ether oxygens (including phenoxy) is 2. The summed E-state index contributed by atoms with van der Waals surface area (Å²) in [4.78, 5) is 27.1. The van der Waals surface area contributed by atoms with Crippen LogP contribution in [0.3, 0.4) is 0 Å². The number of rotatable bonds is 10. The molecule has 0 bridgehead atoms. The summed E-state index contributed by atoms with van der Waals surface area (Å²) in [6, 6.07) is 5.15. The molecule has 0 aliphatic carbocycles. The van der Waals surface area contributed by atoms with Crippen molar-refractivity contribution >= 4 is 51.2 Å². The number of imidazole rings is 1. The van der Waals surface area contributed by atoms with Crippen molar-refractivity contribution in [1.29, 1.82) is 0 Å². The predicted octanol–water partition coefficient (Wildman–Crippen LogP) is 3.48. The van der Waals surface area contributed by atoms with Crippen LogP contribution in [0.2, 0.25) is 0 Å². The van der Waals surface area contributed by atoms with Gasteiger partial charge in [-0.05, 0) is 25.2 Å². The summed E-state index contributed by atoms with van der Waals surface area (Å²) >= 11 is 7.45. The van der Waals surface area contributed by atoms with Gasteiger partial charge in [0.05, 0.1) is 25.8 Å². The average Bonchev–Trinajstić information content (AvgIpc) is 3.44. The van der Waals surface area contributed by atoms with Crippen molar-refractivity contribution in [1.82, 2.24) is 34.3 Å². The van der Waals surface area contributed by atoms with Crippen LogP contribution in [0.5, 0.6) is 5.75 Å². The fraction of sp³-hybridized carbons (Fsp3) is 0.593. The molecule has 0 saturated carbocycles. The summed E-state index contributed by atoms with van der Waals surface area (Å²) in [5.41, 5.74) is 0.762. The Balaban J connectivity index is 1.42. The van der Waals surface area contributed by atoms with Gasteiger partial charge in [-0.25, -0.2) is 13.8 Å². The largest absolute Gasteiger partial charge is 0.494 e. The first-order valence-electron chi connectivity index (χ1n) is 14.2. The molecule has 11 nitrogen and oxygen atoms in total. The molecule has 228 valence electrons. The summed E-state index contributed by atoms with van der Waals surface area (Å²) in [7, 11) is 1.49. The van der Waals surface area contributed by atoms with Gasteiger partial charge in [-0.15, -0.1) is 0 Å². The molecule has 1 aromatic carbocycles. The maximum Gasteiger partial charge on any atom is 0.296 e. The lowest BCUT2D eigenvalue weighted by Gasteiger charge is -2.36. The number of fused-ring (bicyclic) bond motifs is 1. The van der Waals surface area contributed by atoms with Gasteiger partial charge in [0.2, 0.25) is 17.8 Å². The van der Waals surface area contributed by atoms with Crippen LogP contribution >= 0.6 is 24.0 Å². The number of alkyl halides is 2. The summed E-state index contributed by atoms with van der Waals surface area (Å²) in [6.45, 7) is 12.4. The third-order valence-corrected chi connectivity index (χ3v) is 9.03. The second-order valence-electron chi connectivity index (χ2n) is 9.88. The fourth-order valence-corrected chi connectivity index (χ4v) is 6.41. The van der Waals surface area contributed by atoms with Gasteiger partial charge < -0.3 is 29.1 Å². The Morgan fingerprint density at radius 3 is 2.24 bits per heavy atom. The van der Waals surface area contributed by atoms with Gasteiger partial charge in [0.25, 0.3) is 6.43 Å². The first-order valence-corrected chi connectivity index (χ1v) is 15.6. The van der Waals surface area contributed by atoms with Gasteiger partial charge in [-0.3, -0.25) is 4.57 Å². The Kier molecular flexibility index (Phi) is 10.2. The van der Waals surface area contributed by atoms with E-state index < -0.39 is 12.2 Å². The number of aromatic nitrogens is 5. The highest BCUT2D eigenvalue weighted by atomic mass is 32.2. The number of para-hydroxylation sites is 1. The number of morpholine rings is 1. The molecule has 42 heavy (non-hydrogen) atoms. The lowest BCUT2D eigenvalue weighted by Crippen LogP contribution is -2.48. The van der Waals surface area contributed by atoms with E-state index in [-0.39, 0.29) is 5.95 Å². The highest BCUT2D eigenvalue weighted by molar-refractivity contribution is 8.22. The van der Waals surface area contributed by atoms with Crippen molar-refractivity contribution in [2.45, 2.75) is 20.3 Å². The van der Waals surface area contributed by atoms with Gasteiger partial charge in [0, 0.05) is 51.6 Å². The van der Waals surface area contributed by atoms with Crippen LogP contribution in [0, 0.1) is 0 Å². The quantitative estimate of drug-likeness (QED) is 0.311. The highest BCUT2D eigenvalue weighted by Crippen LogP contribution is 2.32. The molecule has 0 amide bonds. The maximum absolute atomic E-state index is 14.3. The smallest absolute Gasteiger partial charge is 0.296 e. The van der Waals surface area contributed by atoms with E-state index in [1.54, 1.807) is 30.0 Å². The van der Waals surface area contributed by atoms with Gasteiger partial charge in [-0.2, -0.15) is 15.0 Å². The molecule has 2 fully saturated rings. The van der Waals surface area contributed by atoms with Gasteiger partial charge in [0.15, 0.2) is 5.82 Å². The first-order chi connectivity index (χ1) is 20.4. The van der Waals surface area contributed by atoms with Crippen molar-refractivity contribution in [2.75, 3.05) is 94.8 Å². The molecule has 5 rings (SSSR count). The zero-order valence-electron chi connectivity index (χ0n) is 24.2. The SMILES string of the molecule is CCN(CC)CCSC(=S)N1CCN(c2nc(N3CCOCC3)nc(-n3c(C(F)F)nc4c(OC)cccc43)n2)CC1. The molecule has 0 spiro atoms. The molecular weight excluding hydrogens is 584 g/mol. The van der Waals surface area contributed by atoms with Crippen molar-refractivity contribution in [3.05, 3.63) is 24.0 Å². The number of nitrogens with zero attached hydrogens (tertiary/aromatic N) is 9. The van der Waals surface area contributed by atoms with Gasteiger partial charge >= 0.3 is 0 Å². The molecule has 0 atom stereocenters. The lowest BCUT2D eigenvalue weighted by atomic mass is 10.3. The molecule has 2 aromatic heterocycles. The molecular formula is C27H37F2N9O2S2. The minimum atomic E-state index is -2.85. The Bertz CT molecular complexity index is 1360. The summed E-state index contributed by atoms with van der Waals surface area (Å²) in [6.07, 6.45) is -2.85. The summed E-state index contributed by atoms with van der Waals surface area (Å²) in [5, 5.41) is 0. The van der Waals surface area contributed by atoms with Crippen LogP contribution in [-0.4, -0.2) is 124 Å². The van der Waals surface area contributed by atoms with Crippen LogP contribution in [0.1, 0.15) is 26.1 Å². The van der Waals surface area contributed by atoms with E-state index in [9.17, 15) is 8.78 Å². The van der Waals surface area contributed by atoms with E-state index in [4.69, 9.17) is 31.7 Å². The monoisotopic (exact) mass is 621 g/mol. The Morgan fingerprint density at radius 2 is 1.62 bits per heavy atom. The Hall–Kier alpha value is -2.88. The van der Waals surface area contributed by atoms with Crippen LogP contribution in [0.25, 0.3) is 17.0 Å². The molecule has 2 aliphatic rings. The van der Waals surface area contributed by atoms with Crippen LogP contribution in [-0.2, 0) is 4.74 Å². The number of benzene rings is 1. The van der Waals surface area contributed by atoms with Crippen molar-refractivity contribution in [3.63, 3.8) is 0 Å². The van der Waals surface area contributed by atoms with E-state index in [1.165, 1.54) is 11.7 Å². The minimum Gasteiger partial charge on any atom is -0.494 e. The molecule has 4 heterocycles. The van der Waals surface area contributed by atoms with Crippen LogP contribution in [0.15, 0.2) is 18.2 Å². The third kappa shape index (κ3) is 6.68. The molecule has 0 N–H and O–H groups in total. The molecule has 15 heteroatoms. The normalized spacial score (nSPS) is 16.2. The zero-order valence-corrected chi connectivity index (χ0v) is 25.8. The molecule has 0 radical (unpaired) electrons. The van der Waals surface area contributed by atoms with E-state index in [0.717, 1.165) is 42.8 Å². The standard InChI is InChI=1S/C27H37F2N9O2S2/c1-4-34(5-2)15-18-42-27(41)37-11-9-35(10-12-37)24-31-25(36-13-16-40-17-14-36)33-26(32-24)38-19-7-6-8-20(39-3)21(19)30-23(38)22(28)29/h6-8,22H,4-5,9-18H2,1-3H3. The topological polar surface area (TPSA) is 87.9 Å². The van der Waals surface area contributed by atoms with Crippen molar-refractivity contribution < 1.29 is 18.3 Å². The number of anilines is 2. The third-order valence-electron chi connectivity index (χ3n) is 7.53. The average molecular weight is 622 g/mol. The number of hydrogen-bond acceptors (Lipinski definition) is 11. The first kappa shape index (κ1) is 30.6. The second kappa shape index (κ2) is 14.1. The highest BCUT2D eigenvalue weighted by Gasteiger charge is 2.28. The van der Waals surface area contributed by atoms with Crippen molar-refractivity contribution in [3.8, 4) is 11.7 Å². The number of methoxy groups -OCH3 is 1. The van der Waals surface area contributed by atoms with Crippen LogP contribution in [0.4, 0.5) is 20.7 Å². The number of thioether (sulfide) groups is 1. The lowest BCUT2D eigenvalue weighted by molar-refractivity contribution is 0.122. The number of hydrogen-bond donors (Lipinski definition) is 0. The van der Waals surface area contributed by atoms with E-state index in [0.29, 0.717) is 68.1 Å². The van der Waals surface area contributed by atoms with Gasteiger partial charge in [-0.1, -0.05) is 43.9 Å². The zero-order chi connectivity index (χ0) is 29.6. The fourth-order valence-electron chi connectivity index (χ4n) is 5.08. The van der Waals surface area contributed by atoms with Crippen LogP contribution < -0.4 is 14.5 Å². The van der Waals surface area contributed by atoms with E-state index in [2.05, 4.69) is 38.5 Å².